The highest BCUT2D eigenvalue weighted by Gasteiger charge is 1.91. The van der Waals surface area contributed by atoms with Crippen LogP contribution in [0, 0.1) is 6.92 Å². The molecule has 0 spiro atoms. The van der Waals surface area contributed by atoms with Gasteiger partial charge in [-0.3, -0.25) is 4.98 Å². The van der Waals surface area contributed by atoms with Crippen molar-refractivity contribution in [3.8, 4) is 0 Å². The number of hydrogen-bond acceptors (Lipinski definition) is 4. The predicted molar refractivity (Wildman–Crippen MR) is 67.6 cm³/mol. The second-order valence-corrected chi connectivity index (χ2v) is 3.72. The summed E-state index contributed by atoms with van der Waals surface area (Å²) in [7, 11) is 0. The van der Waals surface area contributed by atoms with Crippen LogP contribution in [0.15, 0.2) is 24.4 Å². The summed E-state index contributed by atoms with van der Waals surface area (Å²) in [5.74, 6) is 0. The van der Waals surface area contributed by atoms with Gasteiger partial charge in [0.1, 0.15) is 0 Å². The first-order chi connectivity index (χ1) is 7.89. The highest BCUT2D eigenvalue weighted by molar-refractivity contribution is 4.99. The second kappa shape index (κ2) is 9.27. The molecule has 0 saturated carbocycles. The topological polar surface area (TPSA) is 49.0 Å². The summed E-state index contributed by atoms with van der Waals surface area (Å²) in [4.78, 5) is 3.98. The molecular formula is C12H22N4. The Morgan fingerprint density at radius 3 is 1.62 bits per heavy atom. The first-order valence-corrected chi connectivity index (χ1v) is 5.89. The molecule has 0 radical (unpaired) electrons. The summed E-state index contributed by atoms with van der Waals surface area (Å²) in [6, 6.07) is 5.86. The van der Waals surface area contributed by atoms with Crippen LogP contribution in [0.1, 0.15) is 5.69 Å². The van der Waals surface area contributed by atoms with Gasteiger partial charge in [0.25, 0.3) is 0 Å². The van der Waals surface area contributed by atoms with Crippen molar-refractivity contribution < 1.29 is 0 Å². The number of rotatable bonds is 0. The van der Waals surface area contributed by atoms with E-state index >= 15 is 0 Å². The van der Waals surface area contributed by atoms with E-state index in [-0.39, 0.29) is 0 Å². The van der Waals surface area contributed by atoms with Gasteiger partial charge in [-0.15, -0.1) is 0 Å². The van der Waals surface area contributed by atoms with Gasteiger partial charge in [-0.25, -0.2) is 0 Å². The lowest BCUT2D eigenvalue weighted by molar-refractivity contribution is 0.652. The van der Waals surface area contributed by atoms with E-state index in [1.807, 2.05) is 25.1 Å². The van der Waals surface area contributed by atoms with Crippen molar-refractivity contribution in [3.05, 3.63) is 30.1 Å². The molecule has 4 nitrogen and oxygen atoms in total. The summed E-state index contributed by atoms with van der Waals surface area (Å²) >= 11 is 0. The Balaban J connectivity index is 0.000000165. The van der Waals surface area contributed by atoms with Gasteiger partial charge in [0.05, 0.1) is 0 Å². The standard InChI is InChI=1S/C6H15N3.C6H7N/c1-2-8-5-6-9-4-3-7-1;1-6-4-2-3-5-7-6/h7-9H,1-6H2;2-5H,1H3. The molecule has 0 atom stereocenters. The molecule has 1 aromatic rings. The van der Waals surface area contributed by atoms with Crippen LogP contribution in [0.3, 0.4) is 0 Å². The number of nitrogens with one attached hydrogen (secondary N) is 3. The molecule has 90 valence electrons. The Morgan fingerprint density at radius 1 is 0.875 bits per heavy atom. The smallest absolute Gasteiger partial charge is 0.0372 e. The predicted octanol–water partition coefficient (Wildman–Crippen LogP) is 0.159. The maximum Gasteiger partial charge on any atom is 0.0372 e. The third kappa shape index (κ3) is 7.34. The van der Waals surface area contributed by atoms with Crippen LogP contribution < -0.4 is 16.0 Å². The van der Waals surface area contributed by atoms with E-state index in [9.17, 15) is 0 Å². The molecule has 0 aliphatic carbocycles. The fourth-order valence-corrected chi connectivity index (χ4v) is 1.35. The molecule has 1 aromatic heterocycles. The first kappa shape index (κ1) is 13.1. The number of aryl methyl sites for hydroxylation is 1. The fraction of sp³-hybridized carbons (Fsp3) is 0.583. The second-order valence-electron chi connectivity index (χ2n) is 3.72. The maximum absolute atomic E-state index is 3.98. The van der Waals surface area contributed by atoms with Gasteiger partial charge in [-0.1, -0.05) is 6.07 Å². The minimum Gasteiger partial charge on any atom is -0.314 e. The van der Waals surface area contributed by atoms with Gasteiger partial charge in [-0.2, -0.15) is 0 Å². The third-order valence-corrected chi connectivity index (χ3v) is 2.25. The molecule has 1 aliphatic rings. The average molecular weight is 222 g/mol. The zero-order chi connectivity index (χ0) is 11.5. The number of hydrogen-bond donors (Lipinski definition) is 3. The summed E-state index contributed by atoms with van der Waals surface area (Å²) < 4.78 is 0. The van der Waals surface area contributed by atoms with Crippen LogP contribution in [0.4, 0.5) is 0 Å². The Labute approximate surface area is 97.9 Å². The Morgan fingerprint density at radius 2 is 1.38 bits per heavy atom. The highest BCUT2D eigenvalue weighted by atomic mass is 15.0. The summed E-state index contributed by atoms with van der Waals surface area (Å²) in [5, 5.41) is 9.91. The van der Waals surface area contributed by atoms with E-state index in [4.69, 9.17) is 0 Å². The van der Waals surface area contributed by atoms with Crippen LogP contribution in [0.2, 0.25) is 0 Å². The molecule has 0 amide bonds. The fourth-order valence-electron chi connectivity index (χ4n) is 1.35. The molecule has 4 heteroatoms. The lowest BCUT2D eigenvalue weighted by Gasteiger charge is -1.99. The van der Waals surface area contributed by atoms with Crippen molar-refractivity contribution in [1.82, 2.24) is 20.9 Å². The molecular weight excluding hydrogens is 200 g/mol. The van der Waals surface area contributed by atoms with Gasteiger partial charge >= 0.3 is 0 Å². The van der Waals surface area contributed by atoms with Crippen molar-refractivity contribution in [2.24, 2.45) is 0 Å². The van der Waals surface area contributed by atoms with Crippen molar-refractivity contribution in [2.45, 2.75) is 6.92 Å². The van der Waals surface area contributed by atoms with Crippen molar-refractivity contribution >= 4 is 0 Å². The monoisotopic (exact) mass is 222 g/mol. The molecule has 16 heavy (non-hydrogen) atoms. The Kier molecular flexibility index (Phi) is 7.59. The van der Waals surface area contributed by atoms with E-state index in [1.165, 1.54) is 0 Å². The van der Waals surface area contributed by atoms with Crippen LogP contribution >= 0.6 is 0 Å². The molecule has 0 bridgehead atoms. The molecule has 1 aliphatic heterocycles. The minimum absolute atomic E-state index is 1.07. The normalized spacial score (nSPS) is 17.3. The summed E-state index contributed by atoms with van der Waals surface area (Å²) in [6.07, 6.45) is 1.79. The average Bonchev–Trinajstić information content (AvgIpc) is 2.46. The molecule has 3 N–H and O–H groups in total. The van der Waals surface area contributed by atoms with Crippen molar-refractivity contribution in [3.63, 3.8) is 0 Å². The molecule has 2 rings (SSSR count). The third-order valence-electron chi connectivity index (χ3n) is 2.25. The largest absolute Gasteiger partial charge is 0.314 e. The molecule has 2 heterocycles. The van der Waals surface area contributed by atoms with Gasteiger partial charge in [-0.05, 0) is 19.1 Å². The van der Waals surface area contributed by atoms with E-state index in [1.54, 1.807) is 6.20 Å². The van der Waals surface area contributed by atoms with E-state index in [2.05, 4.69) is 20.9 Å². The number of aromatic nitrogens is 1. The van der Waals surface area contributed by atoms with Gasteiger partial charge in [0.2, 0.25) is 0 Å². The maximum atomic E-state index is 3.98. The number of nitrogens with zero attached hydrogens (tertiary/aromatic N) is 1. The van der Waals surface area contributed by atoms with Gasteiger partial charge in [0, 0.05) is 51.2 Å². The molecule has 0 aromatic carbocycles. The molecule has 1 fully saturated rings. The van der Waals surface area contributed by atoms with Crippen LogP contribution in [-0.4, -0.2) is 44.3 Å². The lowest BCUT2D eigenvalue weighted by Crippen LogP contribution is -2.27. The van der Waals surface area contributed by atoms with Crippen molar-refractivity contribution in [1.29, 1.82) is 0 Å². The zero-order valence-electron chi connectivity index (χ0n) is 10.00. The SMILES string of the molecule is C1CNCCNCCN1.Cc1ccccn1. The van der Waals surface area contributed by atoms with E-state index in [0.29, 0.717) is 0 Å². The van der Waals surface area contributed by atoms with Crippen LogP contribution in [0.25, 0.3) is 0 Å². The summed E-state index contributed by atoms with van der Waals surface area (Å²) in [6.45, 7) is 8.57. The Bertz CT molecular complexity index is 222. The van der Waals surface area contributed by atoms with E-state index < -0.39 is 0 Å². The first-order valence-electron chi connectivity index (χ1n) is 5.89. The van der Waals surface area contributed by atoms with Crippen molar-refractivity contribution in [2.75, 3.05) is 39.3 Å². The highest BCUT2D eigenvalue weighted by Crippen LogP contribution is 1.86. The number of pyridine rings is 1. The minimum atomic E-state index is 1.07. The summed E-state index contributed by atoms with van der Waals surface area (Å²) in [5.41, 5.74) is 1.07. The lowest BCUT2D eigenvalue weighted by atomic mass is 10.4. The molecule has 0 unspecified atom stereocenters. The van der Waals surface area contributed by atoms with Crippen LogP contribution in [0.5, 0.6) is 0 Å². The Hall–Kier alpha value is -0.970. The quantitative estimate of drug-likeness (QED) is 0.585. The van der Waals surface area contributed by atoms with E-state index in [0.717, 1.165) is 45.0 Å². The van der Waals surface area contributed by atoms with Gasteiger partial charge in [0.15, 0.2) is 0 Å². The van der Waals surface area contributed by atoms with Gasteiger partial charge < -0.3 is 16.0 Å². The molecule has 1 saturated heterocycles. The van der Waals surface area contributed by atoms with Crippen LogP contribution in [-0.2, 0) is 0 Å². The zero-order valence-corrected chi connectivity index (χ0v) is 10.00.